The van der Waals surface area contributed by atoms with Crippen LogP contribution < -0.4 is 5.32 Å². The number of amides is 1. The number of hydrogen-bond donors (Lipinski definition) is 3. The molecule has 1 heterocycles. The molecule has 19 heavy (non-hydrogen) atoms. The zero-order valence-corrected chi connectivity index (χ0v) is 9.88. The van der Waals surface area contributed by atoms with Crippen LogP contribution in [0.25, 0.3) is 0 Å². The molecule has 0 fully saturated rings. The number of nitrogens with one attached hydrogen (secondary N) is 2. The average Bonchev–Trinajstić information content (AvgIpc) is 2.78. The van der Waals surface area contributed by atoms with Crippen molar-refractivity contribution < 1.29 is 14.8 Å². The number of aryl methyl sites for hydroxylation is 1. The molecule has 8 nitrogen and oxygen atoms in total. The zero-order chi connectivity index (χ0) is 14.0. The Morgan fingerprint density at radius 3 is 2.84 bits per heavy atom. The number of aromatic nitrogens is 2. The Bertz CT molecular complexity index is 650. The van der Waals surface area contributed by atoms with Gasteiger partial charge in [-0.3, -0.25) is 20.0 Å². The predicted molar refractivity (Wildman–Crippen MR) is 66.0 cm³/mol. The predicted octanol–water partition coefficient (Wildman–Crippen LogP) is 1.58. The fraction of sp³-hybridized carbons (Fsp3) is 0.0909. The second-order valence-corrected chi connectivity index (χ2v) is 3.82. The Hall–Kier alpha value is -2.90. The lowest BCUT2D eigenvalue weighted by Gasteiger charge is -2.06. The Balaban J connectivity index is 2.28. The van der Waals surface area contributed by atoms with Gasteiger partial charge < -0.3 is 10.4 Å². The van der Waals surface area contributed by atoms with E-state index in [0.29, 0.717) is 11.3 Å². The lowest BCUT2D eigenvalue weighted by Crippen LogP contribution is -2.12. The molecule has 0 aliphatic heterocycles. The largest absolute Gasteiger partial charge is 0.506 e. The topological polar surface area (TPSA) is 121 Å². The number of nitro benzene ring substituents is 1. The van der Waals surface area contributed by atoms with E-state index in [-0.39, 0.29) is 17.1 Å². The Labute approximate surface area is 107 Å². The first-order valence-corrected chi connectivity index (χ1v) is 5.28. The van der Waals surface area contributed by atoms with Crippen LogP contribution in [0.4, 0.5) is 11.4 Å². The van der Waals surface area contributed by atoms with Gasteiger partial charge in [-0.2, -0.15) is 5.10 Å². The number of phenolic OH excluding ortho intramolecular Hbond substituents is 1. The maximum atomic E-state index is 11.9. The average molecular weight is 262 g/mol. The maximum Gasteiger partial charge on any atom is 0.271 e. The number of aromatic hydroxyl groups is 1. The van der Waals surface area contributed by atoms with Crippen LogP contribution in [0.5, 0.6) is 5.75 Å². The van der Waals surface area contributed by atoms with Gasteiger partial charge in [0.05, 0.1) is 22.4 Å². The van der Waals surface area contributed by atoms with Crippen LogP contribution in [0.1, 0.15) is 16.1 Å². The fourth-order valence-electron chi connectivity index (χ4n) is 1.51. The molecule has 0 aliphatic rings. The second-order valence-electron chi connectivity index (χ2n) is 3.82. The molecular formula is C11H10N4O4. The molecule has 0 aliphatic carbocycles. The first kappa shape index (κ1) is 12.6. The molecule has 98 valence electrons. The molecule has 0 saturated carbocycles. The summed E-state index contributed by atoms with van der Waals surface area (Å²) >= 11 is 0. The standard InChI is InChI=1S/C11H10N4O4/c1-6-8(5-12-14-6)11(17)13-9-4-7(15(18)19)2-3-10(9)16/h2-5,16H,1H3,(H,12,14)(H,13,17). The number of nitrogens with zero attached hydrogens (tertiary/aromatic N) is 2. The van der Waals surface area contributed by atoms with E-state index in [0.717, 1.165) is 18.2 Å². The van der Waals surface area contributed by atoms with E-state index in [1.54, 1.807) is 6.92 Å². The number of anilines is 1. The Kier molecular flexibility index (Phi) is 3.15. The molecule has 0 radical (unpaired) electrons. The van der Waals surface area contributed by atoms with E-state index >= 15 is 0 Å². The summed E-state index contributed by atoms with van der Waals surface area (Å²) in [7, 11) is 0. The zero-order valence-electron chi connectivity index (χ0n) is 9.88. The van der Waals surface area contributed by atoms with Crippen LogP contribution in [0.2, 0.25) is 0 Å². The molecule has 1 amide bonds. The highest BCUT2D eigenvalue weighted by atomic mass is 16.6. The van der Waals surface area contributed by atoms with Gasteiger partial charge in [-0.15, -0.1) is 0 Å². The van der Waals surface area contributed by atoms with E-state index in [9.17, 15) is 20.0 Å². The molecule has 0 bridgehead atoms. The SMILES string of the molecule is Cc1[nH]ncc1C(=O)Nc1cc([N+](=O)[O-])ccc1O. The Morgan fingerprint density at radius 2 is 2.26 bits per heavy atom. The number of non-ortho nitro benzene ring substituents is 1. The summed E-state index contributed by atoms with van der Waals surface area (Å²) in [6, 6.07) is 3.38. The highest BCUT2D eigenvalue weighted by Gasteiger charge is 2.15. The molecule has 2 aromatic rings. The number of nitro groups is 1. The lowest BCUT2D eigenvalue weighted by atomic mass is 10.2. The highest BCUT2D eigenvalue weighted by molar-refractivity contribution is 6.05. The van der Waals surface area contributed by atoms with Gasteiger partial charge in [-0.05, 0) is 13.0 Å². The minimum atomic E-state index is -0.613. The molecule has 0 spiro atoms. The smallest absolute Gasteiger partial charge is 0.271 e. The maximum absolute atomic E-state index is 11.9. The third-order valence-corrected chi connectivity index (χ3v) is 2.51. The number of aromatic amines is 1. The van der Waals surface area contributed by atoms with E-state index in [1.165, 1.54) is 6.20 Å². The number of H-pyrrole nitrogens is 1. The van der Waals surface area contributed by atoms with Crippen LogP contribution in [-0.4, -0.2) is 26.1 Å². The van der Waals surface area contributed by atoms with E-state index in [2.05, 4.69) is 15.5 Å². The second kappa shape index (κ2) is 4.77. The Morgan fingerprint density at radius 1 is 1.53 bits per heavy atom. The molecule has 0 atom stereocenters. The van der Waals surface area contributed by atoms with Crippen LogP contribution in [0.3, 0.4) is 0 Å². The van der Waals surface area contributed by atoms with E-state index in [1.807, 2.05) is 0 Å². The highest BCUT2D eigenvalue weighted by Crippen LogP contribution is 2.28. The minimum Gasteiger partial charge on any atom is -0.506 e. The monoisotopic (exact) mass is 262 g/mol. The quantitative estimate of drug-likeness (QED) is 0.440. The van der Waals surface area contributed by atoms with Crippen LogP contribution >= 0.6 is 0 Å². The third-order valence-electron chi connectivity index (χ3n) is 2.51. The van der Waals surface area contributed by atoms with Gasteiger partial charge in [0.25, 0.3) is 11.6 Å². The van der Waals surface area contributed by atoms with Gasteiger partial charge in [0, 0.05) is 17.8 Å². The van der Waals surface area contributed by atoms with Crippen molar-refractivity contribution in [1.29, 1.82) is 0 Å². The van der Waals surface area contributed by atoms with Gasteiger partial charge >= 0.3 is 0 Å². The summed E-state index contributed by atoms with van der Waals surface area (Å²) in [5.74, 6) is -0.762. The van der Waals surface area contributed by atoms with Crippen molar-refractivity contribution in [3.63, 3.8) is 0 Å². The van der Waals surface area contributed by atoms with Crippen LogP contribution in [0, 0.1) is 17.0 Å². The molecule has 1 aromatic heterocycles. The van der Waals surface area contributed by atoms with E-state index < -0.39 is 10.8 Å². The van der Waals surface area contributed by atoms with E-state index in [4.69, 9.17) is 0 Å². The van der Waals surface area contributed by atoms with Crippen molar-refractivity contribution in [3.8, 4) is 5.75 Å². The number of hydrogen-bond acceptors (Lipinski definition) is 5. The third kappa shape index (κ3) is 2.51. The van der Waals surface area contributed by atoms with Crippen molar-refractivity contribution in [2.45, 2.75) is 6.92 Å². The van der Waals surface area contributed by atoms with Crippen molar-refractivity contribution in [3.05, 3.63) is 45.8 Å². The van der Waals surface area contributed by atoms with Crippen molar-refractivity contribution in [1.82, 2.24) is 10.2 Å². The summed E-state index contributed by atoms with van der Waals surface area (Å²) in [6.07, 6.45) is 1.33. The summed E-state index contributed by atoms with van der Waals surface area (Å²) in [6.45, 7) is 1.66. The molecular weight excluding hydrogens is 252 g/mol. The molecule has 2 rings (SSSR count). The van der Waals surface area contributed by atoms with Crippen molar-refractivity contribution in [2.75, 3.05) is 5.32 Å². The number of phenols is 1. The summed E-state index contributed by atoms with van der Waals surface area (Å²) in [5.41, 5.74) is 0.602. The van der Waals surface area contributed by atoms with Gasteiger partial charge in [0.2, 0.25) is 0 Å². The first-order valence-electron chi connectivity index (χ1n) is 5.28. The summed E-state index contributed by atoms with van der Waals surface area (Å²) < 4.78 is 0. The first-order chi connectivity index (χ1) is 8.99. The summed E-state index contributed by atoms with van der Waals surface area (Å²) in [5, 5.41) is 28.9. The van der Waals surface area contributed by atoms with Crippen LogP contribution in [0.15, 0.2) is 24.4 Å². The number of carbonyl (C=O) groups excluding carboxylic acids is 1. The molecule has 0 unspecified atom stereocenters. The van der Waals surface area contributed by atoms with Gasteiger partial charge in [-0.1, -0.05) is 0 Å². The number of rotatable bonds is 3. The normalized spacial score (nSPS) is 10.2. The van der Waals surface area contributed by atoms with Gasteiger partial charge in [0.15, 0.2) is 0 Å². The fourth-order valence-corrected chi connectivity index (χ4v) is 1.51. The molecule has 1 aromatic carbocycles. The van der Waals surface area contributed by atoms with Crippen molar-refractivity contribution >= 4 is 17.3 Å². The summed E-state index contributed by atoms with van der Waals surface area (Å²) in [4.78, 5) is 21.9. The number of carbonyl (C=O) groups is 1. The minimum absolute atomic E-state index is 0.0280. The molecule has 0 saturated heterocycles. The lowest BCUT2D eigenvalue weighted by molar-refractivity contribution is -0.384. The van der Waals surface area contributed by atoms with Gasteiger partial charge in [0.1, 0.15) is 5.75 Å². The van der Waals surface area contributed by atoms with Gasteiger partial charge in [-0.25, -0.2) is 0 Å². The van der Waals surface area contributed by atoms with Crippen molar-refractivity contribution in [2.24, 2.45) is 0 Å². The van der Waals surface area contributed by atoms with Crippen LogP contribution in [-0.2, 0) is 0 Å². The molecule has 8 heteroatoms. The molecule has 3 N–H and O–H groups in total. The number of benzene rings is 1.